The van der Waals surface area contributed by atoms with Gasteiger partial charge in [0.2, 0.25) is 0 Å². The number of ether oxygens (including phenoxy) is 2. The zero-order valence-corrected chi connectivity index (χ0v) is 15.4. The predicted molar refractivity (Wildman–Crippen MR) is 97.4 cm³/mol. The summed E-state index contributed by atoms with van der Waals surface area (Å²) in [5, 5.41) is 10.8. The molecule has 27 heavy (non-hydrogen) atoms. The SMILES string of the molecule is COC(=O)c1nccn2c(-c3ccc(NC(=O)OC(C)(C)C)cc3)nnc12. The molecule has 0 aliphatic heterocycles. The molecule has 0 saturated carbocycles. The van der Waals surface area contributed by atoms with Crippen LogP contribution in [0.25, 0.3) is 17.0 Å². The van der Waals surface area contributed by atoms with Crippen LogP contribution in [0.3, 0.4) is 0 Å². The lowest BCUT2D eigenvalue weighted by Crippen LogP contribution is -2.27. The molecule has 3 rings (SSSR count). The molecule has 1 amide bonds. The van der Waals surface area contributed by atoms with Crippen LogP contribution in [0.15, 0.2) is 36.7 Å². The number of aromatic nitrogens is 4. The second kappa shape index (κ2) is 7.02. The van der Waals surface area contributed by atoms with Gasteiger partial charge in [0, 0.05) is 23.6 Å². The fraction of sp³-hybridized carbons (Fsp3) is 0.278. The van der Waals surface area contributed by atoms with E-state index in [-0.39, 0.29) is 5.69 Å². The lowest BCUT2D eigenvalue weighted by Gasteiger charge is -2.19. The van der Waals surface area contributed by atoms with Crippen molar-refractivity contribution in [1.29, 1.82) is 0 Å². The summed E-state index contributed by atoms with van der Waals surface area (Å²) >= 11 is 0. The number of esters is 1. The molecule has 1 N–H and O–H groups in total. The van der Waals surface area contributed by atoms with Crippen LogP contribution < -0.4 is 5.32 Å². The van der Waals surface area contributed by atoms with Crippen LogP contribution in [0, 0.1) is 0 Å². The number of anilines is 1. The fourth-order valence-electron chi connectivity index (χ4n) is 2.39. The van der Waals surface area contributed by atoms with Gasteiger partial charge in [-0.1, -0.05) is 0 Å². The van der Waals surface area contributed by atoms with Crippen LogP contribution in [0.2, 0.25) is 0 Å². The molecule has 2 aromatic heterocycles. The third-order valence-electron chi connectivity index (χ3n) is 3.49. The summed E-state index contributed by atoms with van der Waals surface area (Å²) in [7, 11) is 1.28. The smallest absolute Gasteiger partial charge is 0.412 e. The molecule has 0 aliphatic carbocycles. The van der Waals surface area contributed by atoms with Crippen molar-refractivity contribution in [2.75, 3.05) is 12.4 Å². The number of carbonyl (C=O) groups excluding carboxylic acids is 2. The van der Waals surface area contributed by atoms with E-state index in [1.807, 2.05) is 0 Å². The molecule has 0 unspecified atom stereocenters. The number of hydrogen-bond acceptors (Lipinski definition) is 7. The number of nitrogens with zero attached hydrogens (tertiary/aromatic N) is 4. The average Bonchev–Trinajstić information content (AvgIpc) is 3.04. The predicted octanol–water partition coefficient (Wildman–Crippen LogP) is 2.92. The molecule has 3 aromatic rings. The first-order valence-corrected chi connectivity index (χ1v) is 8.17. The van der Waals surface area contributed by atoms with Crippen molar-refractivity contribution in [3.63, 3.8) is 0 Å². The maximum atomic E-state index is 11.8. The van der Waals surface area contributed by atoms with Crippen molar-refractivity contribution in [3.05, 3.63) is 42.4 Å². The highest BCUT2D eigenvalue weighted by Crippen LogP contribution is 2.22. The molecule has 2 heterocycles. The first-order chi connectivity index (χ1) is 12.8. The summed E-state index contributed by atoms with van der Waals surface area (Å²) in [4.78, 5) is 27.6. The Morgan fingerprint density at radius 3 is 2.44 bits per heavy atom. The largest absolute Gasteiger partial charge is 0.464 e. The molecule has 0 aliphatic rings. The van der Waals surface area contributed by atoms with Crippen molar-refractivity contribution >= 4 is 23.4 Å². The Bertz CT molecular complexity index is 989. The van der Waals surface area contributed by atoms with Gasteiger partial charge in [-0.2, -0.15) is 0 Å². The Kier molecular flexibility index (Phi) is 4.76. The summed E-state index contributed by atoms with van der Waals surface area (Å²) in [6.07, 6.45) is 2.60. The third kappa shape index (κ3) is 4.02. The van der Waals surface area contributed by atoms with E-state index < -0.39 is 17.7 Å². The Morgan fingerprint density at radius 2 is 1.81 bits per heavy atom. The maximum absolute atomic E-state index is 11.8. The van der Waals surface area contributed by atoms with E-state index in [1.165, 1.54) is 13.3 Å². The monoisotopic (exact) mass is 369 g/mol. The first kappa shape index (κ1) is 18.3. The van der Waals surface area contributed by atoms with E-state index in [0.29, 0.717) is 17.2 Å². The van der Waals surface area contributed by atoms with Crippen molar-refractivity contribution < 1.29 is 19.1 Å². The fourth-order valence-corrected chi connectivity index (χ4v) is 2.39. The summed E-state index contributed by atoms with van der Waals surface area (Å²) in [5.74, 6) is -0.0576. The molecule has 0 radical (unpaired) electrons. The lowest BCUT2D eigenvalue weighted by atomic mass is 10.2. The molecule has 9 nitrogen and oxygen atoms in total. The second-order valence-corrected chi connectivity index (χ2v) is 6.69. The van der Waals surface area contributed by atoms with Crippen molar-refractivity contribution in [2.45, 2.75) is 26.4 Å². The Balaban J connectivity index is 1.86. The molecule has 0 atom stereocenters. The molecule has 1 aromatic carbocycles. The summed E-state index contributed by atoms with van der Waals surface area (Å²) in [6.45, 7) is 5.39. The molecule has 0 spiro atoms. The molecule has 0 fully saturated rings. The van der Waals surface area contributed by atoms with Crippen molar-refractivity contribution in [1.82, 2.24) is 19.6 Å². The van der Waals surface area contributed by atoms with Gasteiger partial charge in [-0.05, 0) is 45.0 Å². The van der Waals surface area contributed by atoms with Gasteiger partial charge in [0.1, 0.15) is 5.60 Å². The van der Waals surface area contributed by atoms with Crippen LogP contribution in [0.4, 0.5) is 10.5 Å². The summed E-state index contributed by atoms with van der Waals surface area (Å²) in [5.41, 5.74) is 1.14. The number of amides is 1. The normalized spacial score (nSPS) is 11.3. The highest BCUT2D eigenvalue weighted by Gasteiger charge is 2.18. The van der Waals surface area contributed by atoms with Crippen LogP contribution in [-0.4, -0.2) is 44.4 Å². The van der Waals surface area contributed by atoms with Crippen molar-refractivity contribution in [2.24, 2.45) is 0 Å². The molecule has 9 heteroatoms. The first-order valence-electron chi connectivity index (χ1n) is 8.17. The van der Waals surface area contributed by atoms with E-state index in [4.69, 9.17) is 9.47 Å². The summed E-state index contributed by atoms with van der Waals surface area (Å²) < 4.78 is 11.6. The number of rotatable bonds is 3. The van der Waals surface area contributed by atoms with Crippen LogP contribution >= 0.6 is 0 Å². The van der Waals surface area contributed by atoms with Gasteiger partial charge in [-0.25, -0.2) is 14.6 Å². The van der Waals surface area contributed by atoms with Gasteiger partial charge in [0.15, 0.2) is 17.2 Å². The minimum absolute atomic E-state index is 0.0852. The van der Waals surface area contributed by atoms with E-state index in [1.54, 1.807) is 55.6 Å². The highest BCUT2D eigenvalue weighted by atomic mass is 16.6. The molecule has 140 valence electrons. The highest BCUT2D eigenvalue weighted by molar-refractivity contribution is 5.93. The number of methoxy groups -OCH3 is 1. The number of hydrogen-bond donors (Lipinski definition) is 1. The average molecular weight is 369 g/mol. The minimum Gasteiger partial charge on any atom is -0.464 e. The number of nitrogens with one attached hydrogen (secondary N) is 1. The maximum Gasteiger partial charge on any atom is 0.412 e. The Morgan fingerprint density at radius 1 is 1.11 bits per heavy atom. The third-order valence-corrected chi connectivity index (χ3v) is 3.49. The van der Waals surface area contributed by atoms with Gasteiger partial charge < -0.3 is 9.47 Å². The van der Waals surface area contributed by atoms with Gasteiger partial charge >= 0.3 is 12.1 Å². The zero-order chi connectivity index (χ0) is 19.6. The Hall–Kier alpha value is -3.49. The standard InChI is InChI=1S/C18H19N5O4/c1-18(2,3)27-17(25)20-12-7-5-11(6-8-12)14-21-22-15-13(16(24)26-4)19-9-10-23(14)15/h5-10H,1-4H3,(H,20,25). The van der Waals surface area contributed by atoms with Gasteiger partial charge in [-0.15, -0.1) is 10.2 Å². The van der Waals surface area contributed by atoms with E-state index in [0.717, 1.165) is 5.56 Å². The second-order valence-electron chi connectivity index (χ2n) is 6.69. The van der Waals surface area contributed by atoms with Crippen LogP contribution in [0.5, 0.6) is 0 Å². The van der Waals surface area contributed by atoms with Gasteiger partial charge in [0.25, 0.3) is 0 Å². The minimum atomic E-state index is -0.587. The topological polar surface area (TPSA) is 108 Å². The van der Waals surface area contributed by atoms with Gasteiger partial charge in [-0.3, -0.25) is 9.72 Å². The van der Waals surface area contributed by atoms with Crippen LogP contribution in [-0.2, 0) is 9.47 Å². The van der Waals surface area contributed by atoms with E-state index in [9.17, 15) is 9.59 Å². The molecular formula is C18H19N5O4. The molecule has 0 saturated heterocycles. The lowest BCUT2D eigenvalue weighted by molar-refractivity contribution is 0.0593. The number of benzene rings is 1. The van der Waals surface area contributed by atoms with Gasteiger partial charge in [0.05, 0.1) is 7.11 Å². The number of fused-ring (bicyclic) bond motifs is 1. The molecule has 0 bridgehead atoms. The van der Waals surface area contributed by atoms with E-state index >= 15 is 0 Å². The van der Waals surface area contributed by atoms with Crippen LogP contribution in [0.1, 0.15) is 31.3 Å². The van der Waals surface area contributed by atoms with E-state index in [2.05, 4.69) is 20.5 Å². The summed E-state index contributed by atoms with van der Waals surface area (Å²) in [6, 6.07) is 7.01. The quantitative estimate of drug-likeness (QED) is 0.707. The Labute approximate surface area is 155 Å². The zero-order valence-electron chi connectivity index (χ0n) is 15.4. The number of carbonyl (C=O) groups is 2. The van der Waals surface area contributed by atoms with Crippen molar-refractivity contribution in [3.8, 4) is 11.4 Å². The molecular weight excluding hydrogens is 350 g/mol.